The van der Waals surface area contributed by atoms with E-state index in [0.29, 0.717) is 11.7 Å². The first-order chi connectivity index (χ1) is 14.2. The van der Waals surface area contributed by atoms with E-state index in [1.165, 1.54) is 11.8 Å². The van der Waals surface area contributed by atoms with E-state index < -0.39 is 0 Å². The van der Waals surface area contributed by atoms with Crippen LogP contribution in [0.15, 0.2) is 59.8 Å². The molecule has 0 bridgehead atoms. The molecule has 1 unspecified atom stereocenters. The van der Waals surface area contributed by atoms with E-state index >= 15 is 0 Å². The van der Waals surface area contributed by atoms with Crippen molar-refractivity contribution in [1.82, 2.24) is 20.1 Å². The molecule has 1 N–H and O–H groups in total. The van der Waals surface area contributed by atoms with Crippen LogP contribution < -0.4 is 5.32 Å². The van der Waals surface area contributed by atoms with Crippen molar-refractivity contribution < 1.29 is 9.53 Å². The molecular weight excluding hydrogens is 384 g/mol. The van der Waals surface area contributed by atoms with Gasteiger partial charge in [0, 0.05) is 24.4 Å². The standard InChI is InChI=1S/C22H24N4O2S/c1-16-7-5-10-18(13-16)26-21(17-8-3-2-4-9-17)24-25-22(26)29-15-20(27)23-14-19-11-6-12-28-19/h2-5,7-10,13,19H,6,11-12,14-15H2,1H3,(H,23,27). The SMILES string of the molecule is Cc1cccc(-n2c(SCC(=O)NCC3CCCO3)nnc2-c2ccccc2)c1. The molecule has 3 aromatic rings. The maximum Gasteiger partial charge on any atom is 0.230 e. The van der Waals surface area contributed by atoms with Gasteiger partial charge >= 0.3 is 0 Å². The second kappa shape index (κ2) is 9.24. The number of carbonyl (C=O) groups is 1. The molecule has 1 aliphatic rings. The number of nitrogens with one attached hydrogen (secondary N) is 1. The summed E-state index contributed by atoms with van der Waals surface area (Å²) in [6.45, 7) is 3.41. The number of thioether (sulfide) groups is 1. The van der Waals surface area contributed by atoms with Gasteiger partial charge in [0.2, 0.25) is 5.91 Å². The molecule has 0 aliphatic carbocycles. The molecule has 150 valence electrons. The third-order valence-electron chi connectivity index (χ3n) is 4.81. The maximum absolute atomic E-state index is 12.3. The van der Waals surface area contributed by atoms with Crippen molar-refractivity contribution in [3.05, 3.63) is 60.2 Å². The smallest absolute Gasteiger partial charge is 0.230 e. The largest absolute Gasteiger partial charge is 0.376 e. The van der Waals surface area contributed by atoms with Gasteiger partial charge in [-0.25, -0.2) is 0 Å². The monoisotopic (exact) mass is 408 g/mol. The lowest BCUT2D eigenvalue weighted by atomic mass is 10.2. The molecule has 2 heterocycles. The van der Waals surface area contributed by atoms with Gasteiger partial charge in [0.15, 0.2) is 11.0 Å². The van der Waals surface area contributed by atoms with E-state index in [1.807, 2.05) is 47.0 Å². The minimum atomic E-state index is -0.0226. The second-order valence-electron chi connectivity index (χ2n) is 7.07. The first kappa shape index (κ1) is 19.7. The summed E-state index contributed by atoms with van der Waals surface area (Å²) in [4.78, 5) is 12.3. The van der Waals surface area contributed by atoms with Crippen LogP contribution in [0.25, 0.3) is 17.1 Å². The fourth-order valence-corrected chi connectivity index (χ4v) is 4.13. The van der Waals surface area contributed by atoms with Gasteiger partial charge in [0.25, 0.3) is 0 Å². The summed E-state index contributed by atoms with van der Waals surface area (Å²) in [7, 11) is 0. The van der Waals surface area contributed by atoms with Gasteiger partial charge in [0.05, 0.1) is 11.9 Å². The highest BCUT2D eigenvalue weighted by atomic mass is 32.2. The quantitative estimate of drug-likeness (QED) is 0.605. The van der Waals surface area contributed by atoms with E-state index in [9.17, 15) is 4.79 Å². The Morgan fingerprint density at radius 3 is 2.83 bits per heavy atom. The Labute approximate surface area is 174 Å². The topological polar surface area (TPSA) is 69.0 Å². The van der Waals surface area contributed by atoms with Crippen LogP contribution in [0.1, 0.15) is 18.4 Å². The van der Waals surface area contributed by atoms with Crippen molar-refractivity contribution in [2.75, 3.05) is 18.9 Å². The molecule has 0 saturated carbocycles. The molecule has 2 aromatic carbocycles. The van der Waals surface area contributed by atoms with E-state index in [1.54, 1.807) is 0 Å². The number of nitrogens with zero attached hydrogens (tertiary/aromatic N) is 3. The van der Waals surface area contributed by atoms with E-state index in [2.05, 4.69) is 34.6 Å². The lowest BCUT2D eigenvalue weighted by molar-refractivity contribution is -0.119. The lowest BCUT2D eigenvalue weighted by Crippen LogP contribution is -2.32. The molecule has 0 radical (unpaired) electrons. The Hall–Kier alpha value is -2.64. The van der Waals surface area contributed by atoms with Crippen LogP contribution >= 0.6 is 11.8 Å². The summed E-state index contributed by atoms with van der Waals surface area (Å²) < 4.78 is 7.57. The summed E-state index contributed by atoms with van der Waals surface area (Å²) in [6, 6.07) is 18.2. The Morgan fingerprint density at radius 2 is 2.07 bits per heavy atom. The van der Waals surface area contributed by atoms with Gasteiger partial charge in [0.1, 0.15) is 0 Å². The number of aromatic nitrogens is 3. The molecule has 1 amide bonds. The van der Waals surface area contributed by atoms with Crippen LogP contribution in [-0.4, -0.2) is 45.7 Å². The molecule has 29 heavy (non-hydrogen) atoms. The van der Waals surface area contributed by atoms with E-state index in [0.717, 1.165) is 42.1 Å². The van der Waals surface area contributed by atoms with Gasteiger partial charge in [-0.2, -0.15) is 0 Å². The molecule has 1 atom stereocenters. The van der Waals surface area contributed by atoms with Crippen LogP contribution in [0.4, 0.5) is 0 Å². The number of hydrogen-bond donors (Lipinski definition) is 1. The summed E-state index contributed by atoms with van der Waals surface area (Å²) in [5.41, 5.74) is 3.12. The van der Waals surface area contributed by atoms with Gasteiger partial charge in [-0.3, -0.25) is 9.36 Å². The average Bonchev–Trinajstić information content (AvgIpc) is 3.41. The first-order valence-corrected chi connectivity index (χ1v) is 10.8. The summed E-state index contributed by atoms with van der Waals surface area (Å²) in [5, 5.41) is 12.5. The first-order valence-electron chi connectivity index (χ1n) is 9.79. The molecule has 1 fully saturated rings. The number of ether oxygens (including phenoxy) is 1. The Balaban J connectivity index is 1.53. The zero-order chi connectivity index (χ0) is 20.1. The lowest BCUT2D eigenvalue weighted by Gasteiger charge is -2.12. The highest BCUT2D eigenvalue weighted by Gasteiger charge is 2.19. The maximum atomic E-state index is 12.3. The number of aryl methyl sites for hydroxylation is 1. The molecule has 1 aliphatic heterocycles. The molecule has 7 heteroatoms. The van der Waals surface area contributed by atoms with Crippen LogP contribution in [0, 0.1) is 6.92 Å². The van der Waals surface area contributed by atoms with Crippen LogP contribution in [0.5, 0.6) is 0 Å². The van der Waals surface area contributed by atoms with Crippen molar-refractivity contribution in [2.45, 2.75) is 31.0 Å². The highest BCUT2D eigenvalue weighted by molar-refractivity contribution is 7.99. The van der Waals surface area contributed by atoms with Crippen molar-refractivity contribution in [1.29, 1.82) is 0 Å². The van der Waals surface area contributed by atoms with Gasteiger partial charge in [-0.1, -0.05) is 54.2 Å². The summed E-state index contributed by atoms with van der Waals surface area (Å²) in [6.07, 6.45) is 2.22. The van der Waals surface area contributed by atoms with E-state index in [-0.39, 0.29) is 17.8 Å². The fraction of sp³-hybridized carbons (Fsp3) is 0.318. The fourth-order valence-electron chi connectivity index (χ4n) is 3.35. The molecule has 0 spiro atoms. The summed E-state index contributed by atoms with van der Waals surface area (Å²) >= 11 is 1.39. The van der Waals surface area contributed by atoms with Gasteiger partial charge in [-0.15, -0.1) is 10.2 Å². The number of hydrogen-bond acceptors (Lipinski definition) is 5. The predicted octanol–water partition coefficient (Wildman–Crippen LogP) is 3.63. The molecule has 4 rings (SSSR count). The number of amides is 1. The van der Waals surface area contributed by atoms with Crippen molar-refractivity contribution in [3.63, 3.8) is 0 Å². The van der Waals surface area contributed by atoms with Crippen LogP contribution in [0.3, 0.4) is 0 Å². The zero-order valence-corrected chi connectivity index (χ0v) is 17.2. The number of rotatable bonds is 7. The molecular formula is C22H24N4O2S. The third kappa shape index (κ3) is 4.86. The Bertz CT molecular complexity index is 968. The minimum Gasteiger partial charge on any atom is -0.376 e. The van der Waals surface area contributed by atoms with Crippen molar-refractivity contribution in [3.8, 4) is 17.1 Å². The molecule has 1 saturated heterocycles. The summed E-state index contributed by atoms with van der Waals surface area (Å²) in [5.74, 6) is 1.02. The third-order valence-corrected chi connectivity index (χ3v) is 5.74. The van der Waals surface area contributed by atoms with Crippen molar-refractivity contribution >= 4 is 17.7 Å². The Morgan fingerprint density at radius 1 is 1.21 bits per heavy atom. The zero-order valence-electron chi connectivity index (χ0n) is 16.4. The minimum absolute atomic E-state index is 0.0226. The van der Waals surface area contributed by atoms with Crippen LogP contribution in [0.2, 0.25) is 0 Å². The molecule has 1 aromatic heterocycles. The second-order valence-corrected chi connectivity index (χ2v) is 8.02. The normalized spacial score (nSPS) is 16.1. The highest BCUT2D eigenvalue weighted by Crippen LogP contribution is 2.28. The predicted molar refractivity (Wildman–Crippen MR) is 114 cm³/mol. The molecule has 6 nitrogen and oxygen atoms in total. The Kier molecular flexibility index (Phi) is 6.27. The van der Waals surface area contributed by atoms with Gasteiger partial charge in [-0.05, 0) is 37.5 Å². The van der Waals surface area contributed by atoms with Gasteiger partial charge < -0.3 is 10.1 Å². The average molecular weight is 409 g/mol. The number of benzene rings is 2. The van der Waals surface area contributed by atoms with Crippen LogP contribution in [-0.2, 0) is 9.53 Å². The van der Waals surface area contributed by atoms with Crippen molar-refractivity contribution in [2.24, 2.45) is 0 Å². The van der Waals surface area contributed by atoms with E-state index in [4.69, 9.17) is 4.74 Å². The number of carbonyl (C=O) groups excluding carboxylic acids is 1.